The van der Waals surface area contributed by atoms with Crippen molar-refractivity contribution in [3.05, 3.63) is 0 Å². The van der Waals surface area contributed by atoms with Gasteiger partial charge in [0, 0.05) is 24.4 Å². The van der Waals surface area contributed by atoms with E-state index in [1.54, 1.807) is 0 Å². The van der Waals surface area contributed by atoms with Crippen LogP contribution in [0.1, 0.15) is 26.7 Å². The Morgan fingerprint density at radius 2 is 2.13 bits per heavy atom. The fourth-order valence-corrected chi connectivity index (χ4v) is 3.76. The summed E-state index contributed by atoms with van der Waals surface area (Å²) in [6.45, 7) is 6.41. The lowest BCUT2D eigenvalue weighted by atomic mass is 9.79. The van der Waals surface area contributed by atoms with Gasteiger partial charge in [0.15, 0.2) is 0 Å². The number of thioether (sulfide) groups is 1. The minimum absolute atomic E-state index is 0.0849. The second kappa shape index (κ2) is 5.53. The fourth-order valence-electron chi connectivity index (χ4n) is 2.29. The van der Waals surface area contributed by atoms with Gasteiger partial charge in [0.2, 0.25) is 0 Å². The van der Waals surface area contributed by atoms with Crippen molar-refractivity contribution in [2.24, 2.45) is 11.1 Å². The molecule has 0 aliphatic carbocycles. The summed E-state index contributed by atoms with van der Waals surface area (Å²) in [6.07, 6.45) is 1.95. The largest absolute Gasteiger partial charge is 0.396 e. The quantitative estimate of drug-likeness (QED) is 0.614. The van der Waals surface area contributed by atoms with Gasteiger partial charge in [-0.15, -0.1) is 0 Å². The Morgan fingerprint density at radius 3 is 2.67 bits per heavy atom. The lowest BCUT2D eigenvalue weighted by molar-refractivity contribution is 0.218. The third-order valence-corrected chi connectivity index (χ3v) is 4.66. The highest BCUT2D eigenvalue weighted by Crippen LogP contribution is 2.38. The highest BCUT2D eigenvalue weighted by Gasteiger charge is 2.38. The lowest BCUT2D eigenvalue weighted by Crippen LogP contribution is -2.58. The van der Waals surface area contributed by atoms with E-state index in [1.165, 1.54) is 5.75 Å². The Balaban J connectivity index is 2.51. The molecule has 0 saturated carbocycles. The van der Waals surface area contributed by atoms with E-state index in [-0.39, 0.29) is 12.1 Å². The molecule has 0 aromatic heterocycles. The molecule has 0 bridgehead atoms. The average molecular weight is 232 g/mol. The molecule has 3 nitrogen and oxygen atoms in total. The number of aliphatic hydroxyl groups is 1. The van der Waals surface area contributed by atoms with Crippen molar-refractivity contribution in [1.82, 2.24) is 5.32 Å². The van der Waals surface area contributed by atoms with Crippen LogP contribution in [-0.2, 0) is 0 Å². The van der Waals surface area contributed by atoms with Crippen molar-refractivity contribution in [1.29, 1.82) is 0 Å². The third-order valence-electron chi connectivity index (χ3n) is 2.91. The maximum Gasteiger partial charge on any atom is 0.0443 e. The van der Waals surface area contributed by atoms with Gasteiger partial charge in [0.1, 0.15) is 0 Å². The Kier molecular flexibility index (Phi) is 4.90. The van der Waals surface area contributed by atoms with E-state index in [0.717, 1.165) is 25.1 Å². The van der Waals surface area contributed by atoms with Gasteiger partial charge >= 0.3 is 0 Å². The van der Waals surface area contributed by atoms with Gasteiger partial charge in [0.25, 0.3) is 0 Å². The van der Waals surface area contributed by atoms with E-state index >= 15 is 0 Å². The summed E-state index contributed by atoms with van der Waals surface area (Å²) < 4.78 is 0. The number of hydrogen-bond acceptors (Lipinski definition) is 4. The van der Waals surface area contributed by atoms with Crippen molar-refractivity contribution in [2.75, 3.05) is 31.2 Å². The van der Waals surface area contributed by atoms with Crippen molar-refractivity contribution >= 4 is 11.8 Å². The molecule has 0 radical (unpaired) electrons. The summed E-state index contributed by atoms with van der Waals surface area (Å²) >= 11 is 1.99. The SMILES string of the molecule is CC1(C)CSCC(CN)(NCCCO)C1. The van der Waals surface area contributed by atoms with Crippen LogP contribution in [-0.4, -0.2) is 41.8 Å². The van der Waals surface area contributed by atoms with E-state index in [1.807, 2.05) is 11.8 Å². The summed E-state index contributed by atoms with van der Waals surface area (Å²) in [4.78, 5) is 0. The molecule has 90 valence electrons. The van der Waals surface area contributed by atoms with Gasteiger partial charge < -0.3 is 16.2 Å². The zero-order valence-electron chi connectivity index (χ0n) is 9.88. The van der Waals surface area contributed by atoms with Crippen LogP contribution in [0.4, 0.5) is 0 Å². The maximum atomic E-state index is 8.78. The third kappa shape index (κ3) is 3.94. The van der Waals surface area contributed by atoms with Crippen LogP contribution < -0.4 is 11.1 Å². The molecule has 1 heterocycles. The first-order valence-corrected chi connectivity index (χ1v) is 6.83. The second-order valence-electron chi connectivity index (χ2n) is 5.32. The first-order chi connectivity index (χ1) is 7.04. The molecule has 1 atom stereocenters. The molecule has 4 heteroatoms. The Labute approximate surface area is 97.2 Å². The summed E-state index contributed by atoms with van der Waals surface area (Å²) in [5.74, 6) is 2.31. The van der Waals surface area contributed by atoms with Crippen molar-refractivity contribution in [2.45, 2.75) is 32.2 Å². The van der Waals surface area contributed by atoms with Gasteiger partial charge in [-0.05, 0) is 30.6 Å². The number of rotatable bonds is 5. The predicted octanol–water partition coefficient (Wildman–Crippen LogP) is 0.819. The van der Waals surface area contributed by atoms with Crippen LogP contribution in [0.15, 0.2) is 0 Å². The molecular formula is C11H24N2OS. The summed E-state index contributed by atoms with van der Waals surface area (Å²) in [5.41, 5.74) is 6.36. The van der Waals surface area contributed by atoms with E-state index in [4.69, 9.17) is 10.8 Å². The Morgan fingerprint density at radius 1 is 1.40 bits per heavy atom. The Bertz CT molecular complexity index is 199. The first kappa shape index (κ1) is 13.3. The molecule has 0 amide bonds. The molecule has 1 unspecified atom stereocenters. The normalized spacial score (nSPS) is 30.4. The summed E-state index contributed by atoms with van der Waals surface area (Å²) in [5, 5.41) is 12.3. The van der Waals surface area contributed by atoms with Crippen molar-refractivity contribution in [3.8, 4) is 0 Å². The van der Waals surface area contributed by atoms with Crippen LogP contribution >= 0.6 is 11.8 Å². The number of hydrogen-bond donors (Lipinski definition) is 3. The van der Waals surface area contributed by atoms with Gasteiger partial charge in [0.05, 0.1) is 0 Å². The van der Waals surface area contributed by atoms with E-state index in [2.05, 4.69) is 19.2 Å². The molecule has 1 fully saturated rings. The number of nitrogens with one attached hydrogen (secondary N) is 1. The zero-order valence-corrected chi connectivity index (χ0v) is 10.7. The second-order valence-corrected chi connectivity index (χ2v) is 6.31. The smallest absolute Gasteiger partial charge is 0.0443 e. The fraction of sp³-hybridized carbons (Fsp3) is 1.00. The van der Waals surface area contributed by atoms with Crippen molar-refractivity contribution < 1.29 is 5.11 Å². The molecule has 1 rings (SSSR count). The van der Waals surface area contributed by atoms with E-state index in [0.29, 0.717) is 12.0 Å². The van der Waals surface area contributed by atoms with Gasteiger partial charge in [-0.2, -0.15) is 11.8 Å². The van der Waals surface area contributed by atoms with Crippen LogP contribution in [0.2, 0.25) is 0 Å². The minimum Gasteiger partial charge on any atom is -0.396 e. The highest BCUT2D eigenvalue weighted by atomic mass is 32.2. The van der Waals surface area contributed by atoms with Gasteiger partial charge in [-0.1, -0.05) is 13.8 Å². The van der Waals surface area contributed by atoms with Gasteiger partial charge in [-0.3, -0.25) is 0 Å². The zero-order chi connectivity index (χ0) is 11.4. The predicted molar refractivity (Wildman–Crippen MR) is 67.2 cm³/mol. The average Bonchev–Trinajstić information content (AvgIpc) is 2.17. The molecule has 1 saturated heterocycles. The van der Waals surface area contributed by atoms with Crippen LogP contribution in [0.25, 0.3) is 0 Å². The molecule has 15 heavy (non-hydrogen) atoms. The van der Waals surface area contributed by atoms with E-state index < -0.39 is 0 Å². The maximum absolute atomic E-state index is 8.78. The first-order valence-electron chi connectivity index (χ1n) is 5.67. The molecule has 1 aliphatic heterocycles. The molecule has 4 N–H and O–H groups in total. The monoisotopic (exact) mass is 232 g/mol. The minimum atomic E-state index is 0.0849. The summed E-state index contributed by atoms with van der Waals surface area (Å²) in [7, 11) is 0. The summed E-state index contributed by atoms with van der Waals surface area (Å²) in [6, 6.07) is 0. The highest BCUT2D eigenvalue weighted by molar-refractivity contribution is 7.99. The van der Waals surface area contributed by atoms with Crippen LogP contribution in [0, 0.1) is 5.41 Å². The topological polar surface area (TPSA) is 58.3 Å². The van der Waals surface area contributed by atoms with E-state index in [9.17, 15) is 0 Å². The number of aliphatic hydroxyl groups excluding tert-OH is 1. The molecule has 0 spiro atoms. The lowest BCUT2D eigenvalue weighted by Gasteiger charge is -2.44. The van der Waals surface area contributed by atoms with Gasteiger partial charge in [-0.25, -0.2) is 0 Å². The molecule has 0 aromatic carbocycles. The Hall–Kier alpha value is 0.230. The molecular weight excluding hydrogens is 208 g/mol. The van der Waals surface area contributed by atoms with Crippen LogP contribution in [0.3, 0.4) is 0 Å². The number of nitrogens with two attached hydrogens (primary N) is 1. The van der Waals surface area contributed by atoms with Crippen molar-refractivity contribution in [3.63, 3.8) is 0 Å². The molecule has 1 aliphatic rings. The molecule has 0 aromatic rings. The van der Waals surface area contributed by atoms with Crippen LogP contribution in [0.5, 0.6) is 0 Å². The standard InChI is InChI=1S/C11H24N2OS/c1-10(2)6-11(7-12,9-15-8-10)13-4-3-5-14/h13-14H,3-9,12H2,1-2H3.